The van der Waals surface area contributed by atoms with Crippen molar-refractivity contribution in [1.82, 2.24) is 20.4 Å². The third kappa shape index (κ3) is 5.60. The minimum Gasteiger partial charge on any atom is -0.356 e. The molecule has 1 aromatic carbocycles. The van der Waals surface area contributed by atoms with Gasteiger partial charge in [-0.15, -0.1) is 0 Å². The van der Waals surface area contributed by atoms with Crippen LogP contribution in [0.1, 0.15) is 39.0 Å². The van der Waals surface area contributed by atoms with E-state index in [0.717, 1.165) is 32.4 Å². The van der Waals surface area contributed by atoms with Gasteiger partial charge in [-0.05, 0) is 56.0 Å². The Balaban J connectivity index is 1.53. The molecule has 2 heterocycles. The van der Waals surface area contributed by atoms with E-state index in [1.165, 1.54) is 12.1 Å². The van der Waals surface area contributed by atoms with E-state index in [-0.39, 0.29) is 17.6 Å². The summed E-state index contributed by atoms with van der Waals surface area (Å²) in [5, 5.41) is 7.03. The number of nitrogens with one attached hydrogen (secondary N) is 1. The van der Waals surface area contributed by atoms with E-state index in [1.54, 1.807) is 12.1 Å². The number of nitrogens with zero attached hydrogens (tertiary/aromatic N) is 3. The van der Waals surface area contributed by atoms with Crippen LogP contribution in [0.5, 0.6) is 0 Å². The molecule has 1 fully saturated rings. The lowest BCUT2D eigenvalue weighted by atomic mass is 9.97. The van der Waals surface area contributed by atoms with Gasteiger partial charge in [0.15, 0.2) is 0 Å². The van der Waals surface area contributed by atoms with Gasteiger partial charge >= 0.3 is 0 Å². The molecular weight excluding hydrogens is 347 g/mol. The van der Waals surface area contributed by atoms with Crippen molar-refractivity contribution < 1.29 is 13.7 Å². The van der Waals surface area contributed by atoms with Crippen molar-refractivity contribution in [2.45, 2.75) is 39.7 Å². The molecule has 7 heteroatoms. The molecule has 1 N–H and O–H groups in total. The zero-order chi connectivity index (χ0) is 19.2. The standard InChI is InChI=1S/C20H27FN4O2/c1-14(2)9-10-22-20(26)16-4-3-11-25(12-16)13-18-23-19(24-27-18)15-5-7-17(21)8-6-15/h5-8,14,16H,3-4,9-13H2,1-2H3,(H,22,26). The van der Waals surface area contributed by atoms with E-state index >= 15 is 0 Å². The molecule has 1 aliphatic rings. The molecule has 1 atom stereocenters. The first-order chi connectivity index (χ1) is 13.0. The molecule has 1 amide bonds. The quantitative estimate of drug-likeness (QED) is 0.805. The summed E-state index contributed by atoms with van der Waals surface area (Å²) in [7, 11) is 0. The van der Waals surface area contributed by atoms with E-state index in [2.05, 4.69) is 34.2 Å². The number of halogens is 1. The highest BCUT2D eigenvalue weighted by atomic mass is 19.1. The zero-order valence-corrected chi connectivity index (χ0v) is 15.9. The van der Waals surface area contributed by atoms with Gasteiger partial charge in [0.2, 0.25) is 17.6 Å². The normalized spacial score (nSPS) is 18.0. The molecule has 0 saturated carbocycles. The van der Waals surface area contributed by atoms with E-state index in [1.807, 2.05) is 0 Å². The molecule has 1 saturated heterocycles. The first-order valence-electron chi connectivity index (χ1n) is 9.60. The molecule has 1 aliphatic heterocycles. The van der Waals surface area contributed by atoms with Crippen LogP contribution in [0.15, 0.2) is 28.8 Å². The topological polar surface area (TPSA) is 71.3 Å². The van der Waals surface area contributed by atoms with E-state index in [9.17, 15) is 9.18 Å². The Kier molecular flexibility index (Phi) is 6.55. The minimum absolute atomic E-state index is 0.00500. The highest BCUT2D eigenvalue weighted by Crippen LogP contribution is 2.20. The summed E-state index contributed by atoms with van der Waals surface area (Å²) in [4.78, 5) is 19.0. The Labute approximate surface area is 159 Å². The largest absolute Gasteiger partial charge is 0.356 e. The van der Waals surface area contributed by atoms with Crippen LogP contribution in [-0.4, -0.2) is 40.6 Å². The van der Waals surface area contributed by atoms with E-state index < -0.39 is 0 Å². The SMILES string of the molecule is CC(C)CCNC(=O)C1CCCN(Cc2nc(-c3ccc(F)cc3)no2)C1. The summed E-state index contributed by atoms with van der Waals surface area (Å²) >= 11 is 0. The third-order valence-electron chi connectivity index (χ3n) is 4.83. The van der Waals surface area contributed by atoms with Gasteiger partial charge in [-0.3, -0.25) is 9.69 Å². The second kappa shape index (κ2) is 9.08. The van der Waals surface area contributed by atoms with Crippen molar-refractivity contribution >= 4 is 5.91 Å². The summed E-state index contributed by atoms with van der Waals surface area (Å²) in [6.45, 7) is 7.16. The van der Waals surface area contributed by atoms with Crippen LogP contribution in [0.25, 0.3) is 11.4 Å². The average molecular weight is 374 g/mol. The lowest BCUT2D eigenvalue weighted by Gasteiger charge is -2.30. The molecule has 0 spiro atoms. The van der Waals surface area contributed by atoms with Crippen LogP contribution >= 0.6 is 0 Å². The van der Waals surface area contributed by atoms with Crippen molar-refractivity contribution in [3.8, 4) is 11.4 Å². The lowest BCUT2D eigenvalue weighted by Crippen LogP contribution is -2.43. The number of carbonyl (C=O) groups excluding carboxylic acids is 1. The second-order valence-corrected chi connectivity index (χ2v) is 7.57. The lowest BCUT2D eigenvalue weighted by molar-refractivity contribution is -0.126. The van der Waals surface area contributed by atoms with Crippen LogP contribution in [0.2, 0.25) is 0 Å². The molecule has 0 bridgehead atoms. The molecular formula is C20H27FN4O2. The monoisotopic (exact) mass is 374 g/mol. The van der Waals surface area contributed by atoms with Gasteiger partial charge in [0.1, 0.15) is 5.82 Å². The van der Waals surface area contributed by atoms with Crippen LogP contribution < -0.4 is 5.32 Å². The Hall–Kier alpha value is -2.28. The van der Waals surface area contributed by atoms with Crippen LogP contribution in [0.4, 0.5) is 4.39 Å². The number of aromatic nitrogens is 2. The second-order valence-electron chi connectivity index (χ2n) is 7.57. The van der Waals surface area contributed by atoms with E-state index in [0.29, 0.717) is 36.3 Å². The van der Waals surface area contributed by atoms with Crippen LogP contribution in [-0.2, 0) is 11.3 Å². The molecule has 3 rings (SSSR count). The van der Waals surface area contributed by atoms with Crippen molar-refractivity contribution in [3.05, 3.63) is 36.0 Å². The van der Waals surface area contributed by atoms with Gasteiger partial charge in [0, 0.05) is 18.7 Å². The molecule has 27 heavy (non-hydrogen) atoms. The zero-order valence-electron chi connectivity index (χ0n) is 15.9. The number of hydrogen-bond donors (Lipinski definition) is 1. The summed E-state index contributed by atoms with van der Waals surface area (Å²) in [6, 6.07) is 6.00. The molecule has 0 radical (unpaired) electrons. The van der Waals surface area contributed by atoms with Crippen LogP contribution in [0.3, 0.4) is 0 Å². The predicted octanol–water partition coefficient (Wildman–Crippen LogP) is 3.25. The Morgan fingerprint density at radius 1 is 1.37 bits per heavy atom. The maximum absolute atomic E-state index is 13.0. The number of benzene rings is 1. The van der Waals surface area contributed by atoms with E-state index in [4.69, 9.17) is 4.52 Å². The number of likely N-dealkylation sites (tertiary alicyclic amines) is 1. The maximum Gasteiger partial charge on any atom is 0.241 e. The van der Waals surface area contributed by atoms with Crippen molar-refractivity contribution in [3.63, 3.8) is 0 Å². The molecule has 146 valence electrons. The fraction of sp³-hybridized carbons (Fsp3) is 0.550. The van der Waals surface area contributed by atoms with Crippen molar-refractivity contribution in [2.24, 2.45) is 11.8 Å². The fourth-order valence-corrected chi connectivity index (χ4v) is 3.27. The van der Waals surface area contributed by atoms with Gasteiger partial charge in [-0.2, -0.15) is 4.98 Å². The first kappa shape index (κ1) is 19.5. The molecule has 6 nitrogen and oxygen atoms in total. The number of hydrogen-bond acceptors (Lipinski definition) is 5. The highest BCUT2D eigenvalue weighted by molar-refractivity contribution is 5.78. The van der Waals surface area contributed by atoms with Crippen molar-refractivity contribution in [1.29, 1.82) is 0 Å². The highest BCUT2D eigenvalue weighted by Gasteiger charge is 2.26. The van der Waals surface area contributed by atoms with Gasteiger partial charge in [-0.1, -0.05) is 19.0 Å². The number of piperidine rings is 1. The smallest absolute Gasteiger partial charge is 0.241 e. The number of rotatable bonds is 7. The van der Waals surface area contributed by atoms with Gasteiger partial charge in [-0.25, -0.2) is 4.39 Å². The number of carbonyl (C=O) groups is 1. The molecule has 0 aliphatic carbocycles. The van der Waals surface area contributed by atoms with Gasteiger partial charge in [0.25, 0.3) is 0 Å². The Morgan fingerprint density at radius 3 is 2.89 bits per heavy atom. The summed E-state index contributed by atoms with van der Waals surface area (Å²) in [6.07, 6.45) is 2.88. The van der Waals surface area contributed by atoms with Gasteiger partial charge < -0.3 is 9.84 Å². The molecule has 2 aromatic rings. The number of amides is 1. The van der Waals surface area contributed by atoms with Crippen LogP contribution in [0, 0.1) is 17.7 Å². The van der Waals surface area contributed by atoms with Crippen molar-refractivity contribution in [2.75, 3.05) is 19.6 Å². The summed E-state index contributed by atoms with van der Waals surface area (Å²) in [5.41, 5.74) is 0.715. The summed E-state index contributed by atoms with van der Waals surface area (Å²) in [5.74, 6) is 1.39. The molecule has 1 aromatic heterocycles. The molecule has 1 unspecified atom stereocenters. The minimum atomic E-state index is -0.298. The Bertz CT molecular complexity index is 745. The third-order valence-corrected chi connectivity index (χ3v) is 4.83. The fourth-order valence-electron chi connectivity index (χ4n) is 3.27. The maximum atomic E-state index is 13.0. The Morgan fingerprint density at radius 2 is 2.15 bits per heavy atom. The predicted molar refractivity (Wildman–Crippen MR) is 100 cm³/mol. The summed E-state index contributed by atoms with van der Waals surface area (Å²) < 4.78 is 18.4. The first-order valence-corrected chi connectivity index (χ1v) is 9.60. The van der Waals surface area contributed by atoms with Gasteiger partial charge in [0.05, 0.1) is 12.5 Å². The average Bonchev–Trinajstić information content (AvgIpc) is 3.10.